The molecule has 156 valence electrons. The lowest BCUT2D eigenvalue weighted by Crippen LogP contribution is -2.35. The molecule has 0 radical (unpaired) electrons. The van der Waals surface area contributed by atoms with Crippen molar-refractivity contribution in [2.45, 2.75) is 38.8 Å². The van der Waals surface area contributed by atoms with Crippen LogP contribution in [0.25, 0.3) is 0 Å². The van der Waals surface area contributed by atoms with Gasteiger partial charge in [0.25, 0.3) is 0 Å². The van der Waals surface area contributed by atoms with Crippen molar-refractivity contribution in [1.82, 2.24) is 14.8 Å². The molecule has 1 N–H and O–H groups in total. The Hall–Kier alpha value is -2.09. The van der Waals surface area contributed by atoms with Gasteiger partial charge in [-0.1, -0.05) is 45.6 Å². The molecular weight excluding hydrogens is 489 g/mol. The van der Waals surface area contributed by atoms with E-state index in [0.717, 1.165) is 47.6 Å². The summed E-state index contributed by atoms with van der Waals surface area (Å²) < 4.78 is 3.08. The number of urea groups is 1. The summed E-state index contributed by atoms with van der Waals surface area (Å²) in [4.78, 5) is 14.9. The number of rotatable bonds is 4. The van der Waals surface area contributed by atoms with Crippen LogP contribution in [-0.2, 0) is 19.5 Å². The van der Waals surface area contributed by atoms with Gasteiger partial charge in [-0.15, -0.1) is 10.2 Å². The molecule has 2 amide bonds. The van der Waals surface area contributed by atoms with Gasteiger partial charge in [0.1, 0.15) is 5.82 Å². The Morgan fingerprint density at radius 1 is 1.07 bits per heavy atom. The summed E-state index contributed by atoms with van der Waals surface area (Å²) in [5.41, 5.74) is 1.32. The monoisotopic (exact) mass is 507 g/mol. The molecule has 0 aliphatic carbocycles. The Kier molecular flexibility index (Phi) is 6.61. The SMILES string of the molecule is O=C(Nc1ccc(Cl)c(Cl)c1)N(Cc1nnc2n1CCCCC2)c1ccc(Br)cc1. The highest BCUT2D eigenvalue weighted by Crippen LogP contribution is 2.27. The third-order valence-electron chi connectivity index (χ3n) is 5.04. The number of aryl methyl sites for hydroxylation is 1. The largest absolute Gasteiger partial charge is 0.326 e. The van der Waals surface area contributed by atoms with E-state index in [4.69, 9.17) is 23.2 Å². The van der Waals surface area contributed by atoms with E-state index in [2.05, 4.69) is 36.0 Å². The summed E-state index contributed by atoms with van der Waals surface area (Å²) in [6, 6.07) is 12.3. The molecule has 0 saturated heterocycles. The molecule has 0 fully saturated rings. The molecule has 1 aliphatic rings. The Labute approximate surface area is 193 Å². The van der Waals surface area contributed by atoms with Gasteiger partial charge in [0.05, 0.1) is 16.6 Å². The van der Waals surface area contributed by atoms with E-state index < -0.39 is 0 Å². The molecule has 0 spiro atoms. The maximum atomic E-state index is 13.2. The number of amides is 2. The maximum Gasteiger partial charge on any atom is 0.326 e. The zero-order valence-electron chi connectivity index (χ0n) is 16.1. The molecule has 30 heavy (non-hydrogen) atoms. The van der Waals surface area contributed by atoms with Crippen molar-refractivity contribution in [3.8, 4) is 0 Å². The van der Waals surface area contributed by atoms with E-state index in [0.29, 0.717) is 22.3 Å². The minimum atomic E-state index is -0.290. The molecule has 0 unspecified atom stereocenters. The molecule has 2 aromatic carbocycles. The summed E-state index contributed by atoms with van der Waals surface area (Å²) >= 11 is 15.5. The Bertz CT molecular complexity index is 1050. The van der Waals surface area contributed by atoms with Crippen LogP contribution in [0.2, 0.25) is 10.0 Å². The average Bonchev–Trinajstić information content (AvgIpc) is 2.95. The molecule has 0 saturated carbocycles. The van der Waals surface area contributed by atoms with Gasteiger partial charge in [-0.2, -0.15) is 0 Å². The molecule has 3 aromatic rings. The van der Waals surface area contributed by atoms with Gasteiger partial charge >= 0.3 is 6.03 Å². The van der Waals surface area contributed by atoms with Crippen LogP contribution in [0.1, 0.15) is 30.9 Å². The number of hydrogen-bond donors (Lipinski definition) is 1. The summed E-state index contributed by atoms with van der Waals surface area (Å²) in [6.45, 7) is 1.18. The van der Waals surface area contributed by atoms with Crippen LogP contribution in [0, 0.1) is 0 Å². The zero-order chi connectivity index (χ0) is 21.1. The van der Waals surface area contributed by atoms with E-state index in [9.17, 15) is 4.79 Å². The van der Waals surface area contributed by atoms with Crippen molar-refractivity contribution >= 4 is 56.5 Å². The Morgan fingerprint density at radius 3 is 2.63 bits per heavy atom. The van der Waals surface area contributed by atoms with Gasteiger partial charge in [-0.3, -0.25) is 4.90 Å². The van der Waals surface area contributed by atoms with E-state index in [1.807, 2.05) is 24.3 Å². The highest BCUT2D eigenvalue weighted by molar-refractivity contribution is 9.10. The third kappa shape index (κ3) is 4.79. The summed E-state index contributed by atoms with van der Waals surface area (Å²) in [5.74, 6) is 1.77. The van der Waals surface area contributed by atoms with E-state index in [1.165, 1.54) is 6.42 Å². The van der Waals surface area contributed by atoms with Crippen LogP contribution >= 0.6 is 39.1 Å². The average molecular weight is 509 g/mol. The zero-order valence-corrected chi connectivity index (χ0v) is 19.2. The van der Waals surface area contributed by atoms with Crippen LogP contribution in [0.5, 0.6) is 0 Å². The molecule has 1 aliphatic heterocycles. The summed E-state index contributed by atoms with van der Waals surface area (Å²) in [6.07, 6.45) is 4.30. The van der Waals surface area contributed by atoms with Crippen molar-refractivity contribution in [2.24, 2.45) is 0 Å². The van der Waals surface area contributed by atoms with Gasteiger partial charge in [0.15, 0.2) is 5.82 Å². The van der Waals surface area contributed by atoms with Crippen molar-refractivity contribution < 1.29 is 4.79 Å². The van der Waals surface area contributed by atoms with Crippen molar-refractivity contribution in [3.63, 3.8) is 0 Å². The van der Waals surface area contributed by atoms with E-state index >= 15 is 0 Å². The highest BCUT2D eigenvalue weighted by atomic mass is 79.9. The lowest BCUT2D eigenvalue weighted by Gasteiger charge is -2.23. The first-order chi connectivity index (χ1) is 14.5. The Morgan fingerprint density at radius 2 is 1.87 bits per heavy atom. The lowest BCUT2D eigenvalue weighted by molar-refractivity contribution is 0.256. The van der Waals surface area contributed by atoms with E-state index in [1.54, 1.807) is 23.1 Å². The summed E-state index contributed by atoms with van der Waals surface area (Å²) in [5, 5.41) is 12.5. The number of benzene rings is 2. The molecule has 2 heterocycles. The fourth-order valence-corrected chi connectivity index (χ4v) is 4.03. The van der Waals surface area contributed by atoms with Gasteiger partial charge in [-0.05, 0) is 55.3 Å². The van der Waals surface area contributed by atoms with Crippen molar-refractivity contribution in [2.75, 3.05) is 10.2 Å². The topological polar surface area (TPSA) is 63.1 Å². The van der Waals surface area contributed by atoms with Gasteiger partial charge < -0.3 is 9.88 Å². The van der Waals surface area contributed by atoms with Crippen LogP contribution < -0.4 is 10.2 Å². The number of fused-ring (bicyclic) bond motifs is 1. The van der Waals surface area contributed by atoms with Crippen LogP contribution in [0.3, 0.4) is 0 Å². The van der Waals surface area contributed by atoms with Crippen molar-refractivity contribution in [3.05, 3.63) is 68.6 Å². The molecule has 1 aromatic heterocycles. The molecule has 6 nitrogen and oxygen atoms in total. The second-order valence-corrected chi connectivity index (χ2v) is 8.85. The van der Waals surface area contributed by atoms with Gasteiger partial charge in [0, 0.05) is 28.8 Å². The highest BCUT2D eigenvalue weighted by Gasteiger charge is 2.22. The quantitative estimate of drug-likeness (QED) is 0.449. The van der Waals surface area contributed by atoms with E-state index in [-0.39, 0.29) is 6.03 Å². The second kappa shape index (κ2) is 9.37. The first-order valence-corrected chi connectivity index (χ1v) is 11.3. The standard InChI is InChI=1S/C21H20BrCl2N5O/c22-14-5-8-16(9-6-14)29(21(30)25-15-7-10-17(23)18(24)12-15)13-20-27-26-19-4-2-1-3-11-28(19)20/h5-10,12H,1-4,11,13H2,(H,25,30). The van der Waals surface area contributed by atoms with Crippen LogP contribution in [-0.4, -0.2) is 20.8 Å². The van der Waals surface area contributed by atoms with Gasteiger partial charge in [0.2, 0.25) is 0 Å². The summed E-state index contributed by atoms with van der Waals surface area (Å²) in [7, 11) is 0. The number of hydrogen-bond acceptors (Lipinski definition) is 3. The van der Waals surface area contributed by atoms with Crippen molar-refractivity contribution in [1.29, 1.82) is 0 Å². The second-order valence-electron chi connectivity index (χ2n) is 7.12. The minimum absolute atomic E-state index is 0.290. The fraction of sp³-hybridized carbons (Fsp3) is 0.286. The smallest absolute Gasteiger partial charge is 0.313 e. The number of nitrogens with one attached hydrogen (secondary N) is 1. The number of anilines is 2. The molecule has 0 bridgehead atoms. The third-order valence-corrected chi connectivity index (χ3v) is 6.31. The predicted octanol–water partition coefficient (Wildman–Crippen LogP) is 6.31. The number of nitrogens with zero attached hydrogens (tertiary/aromatic N) is 4. The molecule has 0 atom stereocenters. The first-order valence-electron chi connectivity index (χ1n) is 9.71. The predicted molar refractivity (Wildman–Crippen MR) is 123 cm³/mol. The normalized spacial score (nSPS) is 13.4. The van der Waals surface area contributed by atoms with Gasteiger partial charge in [-0.25, -0.2) is 4.79 Å². The molecule has 4 rings (SSSR count). The minimum Gasteiger partial charge on any atom is -0.313 e. The number of carbonyl (C=O) groups excluding carboxylic acids is 1. The first kappa shape index (κ1) is 21.2. The number of halogens is 3. The maximum absolute atomic E-state index is 13.2. The Balaban J connectivity index is 1.63. The molecular formula is C21H20BrCl2N5O. The van der Waals surface area contributed by atoms with Crippen LogP contribution in [0.4, 0.5) is 16.2 Å². The van der Waals surface area contributed by atoms with Crippen LogP contribution in [0.15, 0.2) is 46.9 Å². The fourth-order valence-electron chi connectivity index (χ4n) is 3.47. The number of aromatic nitrogens is 3. The number of carbonyl (C=O) groups is 1. The molecule has 9 heteroatoms. The lowest BCUT2D eigenvalue weighted by atomic mass is 10.2.